The van der Waals surface area contributed by atoms with Crippen LogP contribution in [0.5, 0.6) is 0 Å². The van der Waals surface area contributed by atoms with Crippen LogP contribution in [0.25, 0.3) is 0 Å². The molecule has 0 heterocycles. The lowest BCUT2D eigenvalue weighted by Gasteiger charge is -2.01. The fraction of sp³-hybridized carbons (Fsp3) is 0.857. The van der Waals surface area contributed by atoms with Gasteiger partial charge < -0.3 is 9.84 Å². The number of alkyl halides is 2. The first kappa shape index (κ1) is 9.38. The van der Waals surface area contributed by atoms with E-state index in [1.807, 2.05) is 0 Å². The summed E-state index contributed by atoms with van der Waals surface area (Å²) in [6.45, 7) is 0.302. The Balaban J connectivity index is 2.54. The molecule has 1 N–H and O–H groups in total. The Hall–Kier alpha value is -0.710. The molecule has 0 aromatic rings. The van der Waals surface area contributed by atoms with Gasteiger partial charge >= 0.3 is 12.6 Å². The fourth-order valence-electron chi connectivity index (χ4n) is 1.40. The molecule has 1 saturated carbocycles. The van der Waals surface area contributed by atoms with Crippen molar-refractivity contribution in [2.75, 3.05) is 0 Å². The third-order valence-electron chi connectivity index (χ3n) is 2.24. The van der Waals surface area contributed by atoms with Crippen LogP contribution in [0.15, 0.2) is 0 Å². The first-order valence-corrected chi connectivity index (χ1v) is 3.53. The number of hydrogen-bond acceptors (Lipinski definition) is 2. The van der Waals surface area contributed by atoms with E-state index in [-0.39, 0.29) is 0 Å². The molecule has 12 heavy (non-hydrogen) atoms. The lowest BCUT2D eigenvalue weighted by molar-refractivity contribution is -0.153. The molecule has 0 amide bonds. The third-order valence-corrected chi connectivity index (χ3v) is 2.24. The number of carboxylic acid groups (broad SMARTS) is 1. The minimum atomic E-state index is -2.89. The van der Waals surface area contributed by atoms with Crippen LogP contribution in [0.3, 0.4) is 0 Å². The molecule has 0 bridgehead atoms. The summed E-state index contributed by atoms with van der Waals surface area (Å²) < 4.78 is 27.5. The van der Waals surface area contributed by atoms with Gasteiger partial charge in [0.1, 0.15) is 0 Å². The molecule has 1 aliphatic rings. The summed E-state index contributed by atoms with van der Waals surface area (Å²) in [6, 6.07) is 0. The summed E-state index contributed by atoms with van der Waals surface area (Å²) >= 11 is 0. The standard InChI is InChI=1S/C7H10F2O3/c1-7(2)3(5(10)11)4(7)12-6(8)9/h3-4,6H,1-2H3,(H,10,11). The van der Waals surface area contributed by atoms with Crippen molar-refractivity contribution in [3.63, 3.8) is 0 Å². The van der Waals surface area contributed by atoms with Crippen molar-refractivity contribution >= 4 is 5.97 Å². The van der Waals surface area contributed by atoms with Crippen molar-refractivity contribution in [2.24, 2.45) is 11.3 Å². The first-order chi connectivity index (χ1) is 5.37. The summed E-state index contributed by atoms with van der Waals surface area (Å²) in [4.78, 5) is 10.4. The zero-order valence-corrected chi connectivity index (χ0v) is 6.75. The van der Waals surface area contributed by atoms with Gasteiger partial charge in [-0.25, -0.2) is 0 Å². The van der Waals surface area contributed by atoms with Crippen molar-refractivity contribution in [1.29, 1.82) is 0 Å². The van der Waals surface area contributed by atoms with E-state index < -0.39 is 30.0 Å². The third kappa shape index (κ3) is 1.41. The van der Waals surface area contributed by atoms with E-state index in [1.165, 1.54) is 0 Å². The van der Waals surface area contributed by atoms with Gasteiger partial charge in [-0.05, 0) is 0 Å². The summed E-state index contributed by atoms with van der Waals surface area (Å²) in [6.07, 6.45) is -0.852. The van der Waals surface area contributed by atoms with Crippen molar-refractivity contribution in [1.82, 2.24) is 0 Å². The van der Waals surface area contributed by atoms with E-state index in [2.05, 4.69) is 4.74 Å². The summed E-state index contributed by atoms with van der Waals surface area (Å²) in [7, 11) is 0. The molecule has 2 atom stereocenters. The zero-order valence-electron chi connectivity index (χ0n) is 6.75. The van der Waals surface area contributed by atoms with Gasteiger partial charge in [0.15, 0.2) is 0 Å². The Kier molecular flexibility index (Phi) is 2.07. The Labute approximate surface area is 68.3 Å². The lowest BCUT2D eigenvalue weighted by Crippen LogP contribution is -2.08. The fourth-order valence-corrected chi connectivity index (χ4v) is 1.40. The van der Waals surface area contributed by atoms with Gasteiger partial charge in [-0.3, -0.25) is 4.79 Å². The van der Waals surface area contributed by atoms with Crippen LogP contribution in [-0.4, -0.2) is 23.8 Å². The van der Waals surface area contributed by atoms with Gasteiger partial charge in [0.2, 0.25) is 0 Å². The molecular weight excluding hydrogens is 170 g/mol. The number of carboxylic acids is 1. The molecule has 1 rings (SSSR count). The molecule has 0 spiro atoms. The second-order valence-electron chi connectivity index (χ2n) is 3.45. The van der Waals surface area contributed by atoms with E-state index in [9.17, 15) is 13.6 Å². The summed E-state index contributed by atoms with van der Waals surface area (Å²) in [5, 5.41) is 8.55. The van der Waals surface area contributed by atoms with Crippen molar-refractivity contribution < 1.29 is 23.4 Å². The monoisotopic (exact) mass is 180 g/mol. The molecule has 5 heteroatoms. The summed E-state index contributed by atoms with van der Waals surface area (Å²) in [5.41, 5.74) is -0.664. The van der Waals surface area contributed by atoms with Crippen LogP contribution in [0.1, 0.15) is 13.8 Å². The smallest absolute Gasteiger partial charge is 0.345 e. The van der Waals surface area contributed by atoms with E-state index >= 15 is 0 Å². The second-order valence-corrected chi connectivity index (χ2v) is 3.45. The number of ether oxygens (including phenoxy) is 1. The molecule has 2 unspecified atom stereocenters. The predicted molar refractivity (Wildman–Crippen MR) is 35.8 cm³/mol. The molecule has 70 valence electrons. The van der Waals surface area contributed by atoms with Crippen LogP contribution in [-0.2, 0) is 9.53 Å². The molecule has 0 aromatic heterocycles. The molecule has 1 fully saturated rings. The highest BCUT2D eigenvalue weighted by atomic mass is 19.3. The number of hydrogen-bond donors (Lipinski definition) is 1. The van der Waals surface area contributed by atoms with E-state index in [0.717, 1.165) is 0 Å². The second kappa shape index (κ2) is 2.65. The highest BCUT2D eigenvalue weighted by molar-refractivity contribution is 5.76. The molecule has 0 saturated heterocycles. The van der Waals surface area contributed by atoms with Gasteiger partial charge in [-0.2, -0.15) is 8.78 Å². The number of halogens is 2. The number of carbonyl (C=O) groups is 1. The van der Waals surface area contributed by atoms with E-state index in [1.54, 1.807) is 13.8 Å². The Bertz CT molecular complexity index is 203. The minimum Gasteiger partial charge on any atom is -0.481 e. The summed E-state index contributed by atoms with van der Waals surface area (Å²) in [5.74, 6) is -1.88. The van der Waals surface area contributed by atoms with Crippen molar-refractivity contribution in [3.8, 4) is 0 Å². The zero-order chi connectivity index (χ0) is 9.52. The van der Waals surface area contributed by atoms with Gasteiger partial charge in [0.05, 0.1) is 12.0 Å². The highest BCUT2D eigenvalue weighted by Crippen LogP contribution is 2.54. The maximum absolute atomic E-state index is 11.7. The van der Waals surface area contributed by atoms with E-state index in [0.29, 0.717) is 0 Å². The quantitative estimate of drug-likeness (QED) is 0.712. The van der Waals surface area contributed by atoms with Crippen LogP contribution in [0, 0.1) is 11.3 Å². The Morgan fingerprint density at radius 2 is 2.08 bits per heavy atom. The van der Waals surface area contributed by atoms with Gasteiger partial charge in [-0.1, -0.05) is 13.8 Å². The van der Waals surface area contributed by atoms with Gasteiger partial charge in [0, 0.05) is 5.41 Å². The van der Waals surface area contributed by atoms with Crippen LogP contribution >= 0.6 is 0 Å². The average Bonchev–Trinajstić information content (AvgIpc) is 2.32. The molecule has 0 radical (unpaired) electrons. The highest BCUT2D eigenvalue weighted by Gasteiger charge is 2.64. The van der Waals surface area contributed by atoms with Gasteiger partial charge in [-0.15, -0.1) is 0 Å². The SMILES string of the molecule is CC1(C)C(OC(F)F)C1C(=O)O. The maximum Gasteiger partial charge on any atom is 0.345 e. The normalized spacial score (nSPS) is 32.1. The maximum atomic E-state index is 11.7. The minimum absolute atomic E-state index is 0.664. The largest absolute Gasteiger partial charge is 0.481 e. The number of rotatable bonds is 3. The topological polar surface area (TPSA) is 46.5 Å². The predicted octanol–water partition coefficient (Wildman–Crippen LogP) is 1.33. The van der Waals surface area contributed by atoms with Crippen molar-refractivity contribution in [3.05, 3.63) is 0 Å². The van der Waals surface area contributed by atoms with Crippen molar-refractivity contribution in [2.45, 2.75) is 26.6 Å². The molecule has 1 aliphatic carbocycles. The molecule has 3 nitrogen and oxygen atoms in total. The lowest BCUT2D eigenvalue weighted by atomic mass is 10.1. The van der Waals surface area contributed by atoms with Crippen LogP contribution in [0.4, 0.5) is 8.78 Å². The number of aliphatic carboxylic acids is 1. The molecule has 0 aliphatic heterocycles. The Morgan fingerprint density at radius 3 is 2.33 bits per heavy atom. The Morgan fingerprint density at radius 1 is 1.58 bits per heavy atom. The van der Waals surface area contributed by atoms with E-state index in [4.69, 9.17) is 5.11 Å². The van der Waals surface area contributed by atoms with Gasteiger partial charge in [0.25, 0.3) is 0 Å². The first-order valence-electron chi connectivity index (χ1n) is 3.53. The average molecular weight is 180 g/mol. The van der Waals surface area contributed by atoms with Crippen LogP contribution < -0.4 is 0 Å². The van der Waals surface area contributed by atoms with Crippen LogP contribution in [0.2, 0.25) is 0 Å². The molecule has 0 aromatic carbocycles. The molecular formula is C7H10F2O3.